The second-order valence-electron chi connectivity index (χ2n) is 8.50. The molecule has 1 aliphatic carbocycles. The minimum atomic E-state index is -0.464. The number of unbranched alkanes of at least 4 members (excludes halogenated alkanes) is 4. The Labute approximate surface area is 179 Å². The highest BCUT2D eigenvalue weighted by atomic mass is 19.1. The minimum Gasteiger partial charge on any atom is -0.216 e. The molecule has 0 atom stereocenters. The Kier molecular flexibility index (Phi) is 8.63. The Bertz CT molecular complexity index is 855. The van der Waals surface area contributed by atoms with E-state index in [2.05, 4.69) is 24.3 Å². The van der Waals surface area contributed by atoms with Crippen LogP contribution in [0.3, 0.4) is 0 Å². The van der Waals surface area contributed by atoms with Crippen molar-refractivity contribution in [3.8, 4) is 17.2 Å². The van der Waals surface area contributed by atoms with Gasteiger partial charge in [0.25, 0.3) is 0 Å². The number of benzene rings is 2. The Morgan fingerprint density at radius 1 is 0.900 bits per heavy atom. The van der Waals surface area contributed by atoms with E-state index in [1.165, 1.54) is 63.0 Å². The smallest absolute Gasteiger partial charge is 0.141 e. The minimum absolute atomic E-state index is 0.0843. The summed E-state index contributed by atoms with van der Waals surface area (Å²) in [6.45, 7) is 0. The normalized spacial score (nSPS) is 19.1. The number of halogens is 2. The molecule has 0 radical (unpaired) electrons. The average molecular weight is 408 g/mol. The summed E-state index contributed by atoms with van der Waals surface area (Å²) in [5.41, 5.74) is 3.26. The Balaban J connectivity index is 1.44. The van der Waals surface area contributed by atoms with Crippen LogP contribution in [0.2, 0.25) is 0 Å². The average Bonchev–Trinajstić information content (AvgIpc) is 2.79. The zero-order valence-electron chi connectivity index (χ0n) is 17.6. The van der Waals surface area contributed by atoms with Crippen LogP contribution in [0.5, 0.6) is 0 Å². The van der Waals surface area contributed by atoms with Gasteiger partial charge < -0.3 is 0 Å². The van der Waals surface area contributed by atoms with Crippen molar-refractivity contribution in [2.24, 2.45) is 5.92 Å². The first-order valence-corrected chi connectivity index (χ1v) is 11.3. The second-order valence-corrected chi connectivity index (χ2v) is 8.50. The monoisotopic (exact) mass is 407 g/mol. The van der Waals surface area contributed by atoms with Crippen LogP contribution in [-0.4, -0.2) is 0 Å². The predicted molar refractivity (Wildman–Crippen MR) is 119 cm³/mol. The van der Waals surface area contributed by atoms with Gasteiger partial charge in [-0.05, 0) is 79.2 Å². The summed E-state index contributed by atoms with van der Waals surface area (Å²) >= 11 is 0. The maximum Gasteiger partial charge on any atom is 0.141 e. The molecule has 1 saturated carbocycles. The zero-order chi connectivity index (χ0) is 21.2. The molecule has 0 spiro atoms. The fourth-order valence-corrected chi connectivity index (χ4v) is 4.63. The van der Waals surface area contributed by atoms with Gasteiger partial charge in [0.1, 0.15) is 11.9 Å². The molecule has 1 fully saturated rings. The van der Waals surface area contributed by atoms with E-state index in [0.29, 0.717) is 12.2 Å². The summed E-state index contributed by atoms with van der Waals surface area (Å²) in [4.78, 5) is 0. The van der Waals surface area contributed by atoms with Gasteiger partial charge in [0, 0.05) is 0 Å². The van der Waals surface area contributed by atoms with Gasteiger partial charge in [0.05, 0.1) is 11.9 Å². The van der Waals surface area contributed by atoms with Crippen LogP contribution < -0.4 is 0 Å². The molecule has 1 aliphatic rings. The van der Waals surface area contributed by atoms with Gasteiger partial charge in [-0.3, -0.25) is 0 Å². The van der Waals surface area contributed by atoms with Crippen molar-refractivity contribution in [1.29, 1.82) is 5.26 Å². The van der Waals surface area contributed by atoms with Gasteiger partial charge in [-0.25, -0.2) is 8.78 Å². The van der Waals surface area contributed by atoms with E-state index in [-0.39, 0.29) is 5.56 Å². The molecule has 0 unspecified atom stereocenters. The molecule has 0 N–H and O–H groups in total. The van der Waals surface area contributed by atoms with E-state index in [1.807, 2.05) is 6.07 Å². The lowest BCUT2D eigenvalue weighted by Crippen LogP contribution is -2.13. The molecule has 158 valence electrons. The van der Waals surface area contributed by atoms with Crippen LogP contribution in [0.25, 0.3) is 11.1 Å². The van der Waals surface area contributed by atoms with Crippen molar-refractivity contribution < 1.29 is 8.78 Å². The van der Waals surface area contributed by atoms with E-state index in [4.69, 9.17) is 5.26 Å². The van der Waals surface area contributed by atoms with Crippen molar-refractivity contribution in [3.05, 3.63) is 71.8 Å². The Hall–Kier alpha value is -2.47. The van der Waals surface area contributed by atoms with Crippen LogP contribution in [0.4, 0.5) is 8.78 Å². The summed E-state index contributed by atoms with van der Waals surface area (Å²) < 4.78 is 25.8. The van der Waals surface area contributed by atoms with Crippen molar-refractivity contribution in [2.75, 3.05) is 0 Å². The van der Waals surface area contributed by atoms with Gasteiger partial charge >= 0.3 is 0 Å². The first kappa shape index (κ1) is 22.2. The quantitative estimate of drug-likeness (QED) is 0.382. The maximum absolute atomic E-state index is 13.9. The number of nitriles is 1. The molecule has 3 rings (SSSR count). The molecule has 0 bridgehead atoms. The number of hydrogen-bond donors (Lipinski definition) is 0. The molecule has 0 aromatic heterocycles. The third kappa shape index (κ3) is 6.26. The molecule has 3 heteroatoms. The highest BCUT2D eigenvalue weighted by molar-refractivity contribution is 5.64. The Morgan fingerprint density at radius 2 is 1.60 bits per heavy atom. The molecular formula is C27H31F2N. The summed E-state index contributed by atoms with van der Waals surface area (Å²) in [6, 6.07) is 15.2. The highest BCUT2D eigenvalue weighted by Crippen LogP contribution is 2.38. The lowest BCUT2D eigenvalue weighted by molar-refractivity contribution is 0.302. The summed E-state index contributed by atoms with van der Waals surface area (Å²) in [5.74, 6) is 1.02. The predicted octanol–water partition coefficient (Wildman–Crippen LogP) is 8.46. The summed E-state index contributed by atoms with van der Waals surface area (Å²) in [5, 5.41) is 8.88. The van der Waals surface area contributed by atoms with Crippen molar-refractivity contribution >= 4 is 0 Å². The van der Waals surface area contributed by atoms with Gasteiger partial charge in [0.15, 0.2) is 0 Å². The fraction of sp³-hybridized carbons (Fsp3) is 0.444. The van der Waals surface area contributed by atoms with Gasteiger partial charge in [-0.1, -0.05) is 62.1 Å². The van der Waals surface area contributed by atoms with Crippen molar-refractivity contribution in [1.82, 2.24) is 0 Å². The molecule has 30 heavy (non-hydrogen) atoms. The van der Waals surface area contributed by atoms with E-state index >= 15 is 0 Å². The van der Waals surface area contributed by atoms with E-state index in [1.54, 1.807) is 18.2 Å². The Morgan fingerprint density at radius 3 is 2.27 bits per heavy atom. The molecule has 2 aromatic rings. The molecule has 0 amide bonds. The van der Waals surface area contributed by atoms with Gasteiger partial charge in [-0.2, -0.15) is 5.26 Å². The number of allylic oxidation sites excluding steroid dienone is 1. The van der Waals surface area contributed by atoms with Crippen molar-refractivity contribution in [2.45, 2.75) is 70.1 Å². The fourth-order valence-electron chi connectivity index (χ4n) is 4.63. The third-order valence-electron chi connectivity index (χ3n) is 6.47. The molecule has 0 heterocycles. The van der Waals surface area contributed by atoms with Gasteiger partial charge in [-0.15, -0.1) is 0 Å². The molecule has 2 aromatic carbocycles. The van der Waals surface area contributed by atoms with E-state index in [0.717, 1.165) is 29.9 Å². The third-order valence-corrected chi connectivity index (χ3v) is 6.47. The maximum atomic E-state index is 13.9. The molecule has 0 saturated heterocycles. The molecular weight excluding hydrogens is 376 g/mol. The van der Waals surface area contributed by atoms with Gasteiger partial charge in [0.2, 0.25) is 0 Å². The number of hydrogen-bond acceptors (Lipinski definition) is 1. The topological polar surface area (TPSA) is 23.8 Å². The summed E-state index contributed by atoms with van der Waals surface area (Å²) in [6.07, 6.45) is 14.4. The zero-order valence-corrected chi connectivity index (χ0v) is 17.6. The molecule has 0 aliphatic heterocycles. The van der Waals surface area contributed by atoms with E-state index < -0.39 is 5.82 Å². The first-order valence-electron chi connectivity index (χ1n) is 11.3. The van der Waals surface area contributed by atoms with Crippen molar-refractivity contribution in [3.63, 3.8) is 0 Å². The van der Waals surface area contributed by atoms with Crippen LogP contribution >= 0.6 is 0 Å². The number of rotatable bonds is 9. The molecule has 1 nitrogen and oxygen atoms in total. The van der Waals surface area contributed by atoms with Crippen LogP contribution in [0, 0.1) is 23.1 Å². The van der Waals surface area contributed by atoms with Crippen LogP contribution in [0.1, 0.15) is 81.3 Å². The van der Waals surface area contributed by atoms with E-state index in [9.17, 15) is 8.78 Å². The van der Waals surface area contributed by atoms with Crippen LogP contribution in [-0.2, 0) is 0 Å². The largest absolute Gasteiger partial charge is 0.216 e. The lowest BCUT2D eigenvalue weighted by Gasteiger charge is -2.29. The van der Waals surface area contributed by atoms with Crippen LogP contribution in [0.15, 0.2) is 54.9 Å². The SMILES string of the molecule is N#Cc1ccc(-c2ccc(C3CCC(CCCCCC/C=C/F)CC3)cc2)cc1F. The second kappa shape index (κ2) is 11.6. The number of nitrogens with zero attached hydrogens (tertiary/aromatic N) is 1. The lowest BCUT2D eigenvalue weighted by atomic mass is 9.77. The summed E-state index contributed by atoms with van der Waals surface area (Å²) in [7, 11) is 0. The first-order chi connectivity index (χ1) is 14.7. The highest BCUT2D eigenvalue weighted by Gasteiger charge is 2.22. The standard InChI is InChI=1S/C27H31F2N/c28-18-6-4-2-1-3-5-7-21-8-10-22(11-9-21)23-12-14-24(15-13-23)25-16-17-26(20-30)27(29)19-25/h6,12-19,21-22H,1-5,7-11H2/b18-6+.